The maximum atomic E-state index is 11.0. The van der Waals surface area contributed by atoms with Crippen LogP contribution in [0.1, 0.15) is 96.8 Å². The minimum atomic E-state index is -0.0642. The van der Waals surface area contributed by atoms with Crippen molar-refractivity contribution in [2.45, 2.75) is 107 Å². The quantitative estimate of drug-likeness (QED) is 0.301. The number of carbonyl (C=O) groups excluding carboxylic acids is 1. The van der Waals surface area contributed by atoms with Gasteiger partial charge in [-0.15, -0.1) is 0 Å². The maximum absolute atomic E-state index is 11.0. The highest BCUT2D eigenvalue weighted by Crippen LogP contribution is 2.38. The van der Waals surface area contributed by atoms with Crippen LogP contribution in [0.25, 0.3) is 0 Å². The van der Waals surface area contributed by atoms with Crippen molar-refractivity contribution in [2.75, 3.05) is 7.11 Å². The molecule has 1 aliphatic rings. The normalized spacial score (nSPS) is 21.2. The van der Waals surface area contributed by atoms with Gasteiger partial charge < -0.3 is 4.74 Å². The number of methoxy groups -OCH3 is 1. The second-order valence-electron chi connectivity index (χ2n) is 6.66. The van der Waals surface area contributed by atoms with E-state index in [1.54, 1.807) is 0 Å². The van der Waals surface area contributed by atoms with Gasteiger partial charge in [0.1, 0.15) is 0 Å². The summed E-state index contributed by atoms with van der Waals surface area (Å²) in [6.07, 6.45) is 18.1. The summed E-state index contributed by atoms with van der Waals surface area (Å²) < 4.78 is 4.64. The second-order valence-corrected chi connectivity index (χ2v) is 8.27. The molecule has 0 amide bonds. The van der Waals surface area contributed by atoms with Crippen molar-refractivity contribution in [1.82, 2.24) is 0 Å². The van der Waals surface area contributed by atoms with Gasteiger partial charge in [-0.05, 0) is 32.1 Å². The summed E-state index contributed by atoms with van der Waals surface area (Å²) in [7, 11) is 1.47. The van der Waals surface area contributed by atoms with E-state index in [0.717, 1.165) is 16.9 Å². The molecule has 130 valence electrons. The lowest BCUT2D eigenvalue weighted by atomic mass is 10.0. The van der Waals surface area contributed by atoms with E-state index in [9.17, 15) is 4.79 Å². The number of rotatable bonds is 13. The molecule has 0 aromatic rings. The molecule has 1 aliphatic heterocycles. The number of esters is 1. The van der Waals surface area contributed by atoms with Crippen LogP contribution in [0.5, 0.6) is 0 Å². The highest BCUT2D eigenvalue weighted by Gasteiger charge is 2.22. The van der Waals surface area contributed by atoms with Crippen LogP contribution in [0.3, 0.4) is 0 Å². The van der Waals surface area contributed by atoms with Gasteiger partial charge >= 0.3 is 5.97 Å². The van der Waals surface area contributed by atoms with E-state index in [4.69, 9.17) is 0 Å². The molecule has 2 atom stereocenters. The smallest absolute Gasteiger partial charge is 0.305 e. The molecule has 1 fully saturated rings. The van der Waals surface area contributed by atoms with Gasteiger partial charge in [-0.2, -0.15) is 11.8 Å². The van der Waals surface area contributed by atoms with Crippen molar-refractivity contribution >= 4 is 17.7 Å². The van der Waals surface area contributed by atoms with Crippen LogP contribution in [0.2, 0.25) is 0 Å². The van der Waals surface area contributed by atoms with Gasteiger partial charge in [-0.25, -0.2) is 0 Å². The van der Waals surface area contributed by atoms with Gasteiger partial charge in [0.05, 0.1) is 7.11 Å². The van der Waals surface area contributed by atoms with Crippen LogP contribution in [0.4, 0.5) is 0 Å². The Labute approximate surface area is 142 Å². The molecule has 0 aromatic carbocycles. The van der Waals surface area contributed by atoms with Gasteiger partial charge in [0.25, 0.3) is 0 Å². The summed E-state index contributed by atoms with van der Waals surface area (Å²) in [5.41, 5.74) is 0. The Morgan fingerprint density at radius 3 is 2.00 bits per heavy atom. The maximum Gasteiger partial charge on any atom is 0.305 e. The average Bonchev–Trinajstić information content (AvgIpc) is 3.00. The molecule has 2 unspecified atom stereocenters. The van der Waals surface area contributed by atoms with E-state index in [2.05, 4.69) is 23.4 Å². The zero-order valence-electron chi connectivity index (χ0n) is 14.8. The predicted octanol–water partition coefficient (Wildman–Crippen LogP) is 6.12. The molecule has 0 aromatic heterocycles. The van der Waals surface area contributed by atoms with Crippen LogP contribution >= 0.6 is 11.8 Å². The summed E-state index contributed by atoms with van der Waals surface area (Å²) in [4.78, 5) is 11.0. The van der Waals surface area contributed by atoms with Gasteiger partial charge in [0.2, 0.25) is 0 Å². The van der Waals surface area contributed by atoms with E-state index >= 15 is 0 Å². The van der Waals surface area contributed by atoms with Crippen molar-refractivity contribution < 1.29 is 9.53 Å². The summed E-state index contributed by atoms with van der Waals surface area (Å²) in [6, 6.07) is 0. The monoisotopic (exact) mass is 328 g/mol. The molecular weight excluding hydrogens is 292 g/mol. The van der Waals surface area contributed by atoms with Gasteiger partial charge in [-0.3, -0.25) is 4.79 Å². The van der Waals surface area contributed by atoms with Crippen LogP contribution in [0, 0.1) is 0 Å². The molecule has 22 heavy (non-hydrogen) atoms. The number of ether oxygens (including phenoxy) is 1. The number of hydrogen-bond acceptors (Lipinski definition) is 3. The molecule has 3 heteroatoms. The molecule has 0 bridgehead atoms. The Morgan fingerprint density at radius 1 is 0.909 bits per heavy atom. The lowest BCUT2D eigenvalue weighted by Crippen LogP contribution is -1.99. The molecule has 1 saturated heterocycles. The van der Waals surface area contributed by atoms with Crippen molar-refractivity contribution in [2.24, 2.45) is 0 Å². The lowest BCUT2D eigenvalue weighted by Gasteiger charge is -2.09. The minimum Gasteiger partial charge on any atom is -0.469 e. The van der Waals surface area contributed by atoms with Gasteiger partial charge in [0, 0.05) is 16.9 Å². The fourth-order valence-electron chi connectivity index (χ4n) is 3.27. The summed E-state index contributed by atoms with van der Waals surface area (Å²) in [5.74, 6) is -0.0642. The van der Waals surface area contributed by atoms with Crippen molar-refractivity contribution in [3.63, 3.8) is 0 Å². The molecule has 0 spiro atoms. The number of carbonyl (C=O) groups is 1. The molecular formula is C19H36O2S. The minimum absolute atomic E-state index is 0.0642. The van der Waals surface area contributed by atoms with Crippen molar-refractivity contribution in [3.8, 4) is 0 Å². The Hall–Kier alpha value is -0.180. The van der Waals surface area contributed by atoms with Crippen molar-refractivity contribution in [3.05, 3.63) is 0 Å². The summed E-state index contributed by atoms with van der Waals surface area (Å²) in [6.45, 7) is 2.33. The van der Waals surface area contributed by atoms with E-state index in [1.165, 1.54) is 84.2 Å². The highest BCUT2D eigenvalue weighted by atomic mass is 32.2. The molecule has 0 saturated carbocycles. The van der Waals surface area contributed by atoms with Crippen LogP contribution < -0.4 is 0 Å². The Balaban J connectivity index is 1.76. The van der Waals surface area contributed by atoms with Crippen LogP contribution in [-0.2, 0) is 9.53 Å². The third kappa shape index (κ3) is 9.76. The first-order chi connectivity index (χ1) is 10.8. The topological polar surface area (TPSA) is 26.3 Å². The average molecular weight is 329 g/mol. The predicted molar refractivity (Wildman–Crippen MR) is 97.5 cm³/mol. The third-order valence-electron chi connectivity index (χ3n) is 4.79. The zero-order chi connectivity index (χ0) is 16.0. The zero-order valence-corrected chi connectivity index (χ0v) is 15.6. The van der Waals surface area contributed by atoms with E-state index in [1.807, 2.05) is 0 Å². The molecule has 1 rings (SSSR count). The fraction of sp³-hybridized carbons (Fsp3) is 0.947. The van der Waals surface area contributed by atoms with Gasteiger partial charge in [-0.1, -0.05) is 58.3 Å². The second kappa shape index (κ2) is 13.3. The number of hydrogen-bond donors (Lipinski definition) is 0. The first kappa shape index (κ1) is 19.9. The summed E-state index contributed by atoms with van der Waals surface area (Å²) >= 11 is 2.26. The SMILES string of the molecule is CCC1CCC(CCCCCCCCCCCC(=O)OC)S1. The number of unbranched alkanes of at least 4 members (excludes halogenated alkanes) is 8. The molecule has 0 aliphatic carbocycles. The lowest BCUT2D eigenvalue weighted by molar-refractivity contribution is -0.140. The summed E-state index contributed by atoms with van der Waals surface area (Å²) in [5, 5.41) is 1.93. The van der Waals surface area contributed by atoms with Crippen LogP contribution in [0.15, 0.2) is 0 Å². The first-order valence-electron chi connectivity index (χ1n) is 9.48. The standard InChI is InChI=1S/C19H36O2S/c1-3-17-15-16-18(22-17)13-11-9-7-5-4-6-8-10-12-14-19(20)21-2/h17-18H,3-16H2,1-2H3. The molecule has 1 heterocycles. The van der Waals surface area contributed by atoms with E-state index in [0.29, 0.717) is 6.42 Å². The first-order valence-corrected chi connectivity index (χ1v) is 10.4. The largest absolute Gasteiger partial charge is 0.469 e. The Bertz CT molecular complexity index is 281. The Morgan fingerprint density at radius 2 is 1.45 bits per heavy atom. The van der Waals surface area contributed by atoms with Crippen LogP contribution in [-0.4, -0.2) is 23.6 Å². The van der Waals surface area contributed by atoms with E-state index < -0.39 is 0 Å². The fourth-order valence-corrected chi connectivity index (χ4v) is 4.86. The Kier molecular flexibility index (Phi) is 12.0. The molecule has 0 N–H and O–H groups in total. The highest BCUT2D eigenvalue weighted by molar-refractivity contribution is 8.00. The molecule has 0 radical (unpaired) electrons. The van der Waals surface area contributed by atoms with E-state index in [-0.39, 0.29) is 5.97 Å². The third-order valence-corrected chi connectivity index (χ3v) is 6.60. The van der Waals surface area contributed by atoms with Gasteiger partial charge in [0.15, 0.2) is 0 Å². The number of thioether (sulfide) groups is 1. The van der Waals surface area contributed by atoms with Crippen molar-refractivity contribution in [1.29, 1.82) is 0 Å². The molecule has 2 nitrogen and oxygen atoms in total.